The minimum absolute atomic E-state index is 0.0363. The smallest absolute Gasteiger partial charge is 0.385 e. The molecule has 0 heterocycles. The van der Waals surface area contributed by atoms with Gasteiger partial charge in [-0.25, -0.2) is 9.65 Å². The molecule has 2 unspecified atom stereocenters. The first-order chi connectivity index (χ1) is 9.52. The van der Waals surface area contributed by atoms with E-state index in [1.165, 1.54) is 24.3 Å². The average molecular weight is 355 g/mol. The Labute approximate surface area is 124 Å². The molecule has 0 saturated heterocycles. The molecule has 2 atom stereocenters. The van der Waals surface area contributed by atoms with Crippen LogP contribution in [0.2, 0.25) is 0 Å². The molecule has 0 radical (unpaired) electrons. The van der Waals surface area contributed by atoms with Gasteiger partial charge in [-0.2, -0.15) is 0 Å². The van der Waals surface area contributed by atoms with Crippen molar-refractivity contribution in [1.29, 1.82) is 0 Å². The number of benzene rings is 1. The lowest BCUT2D eigenvalue weighted by Gasteiger charge is -2.21. The molecule has 12 heteroatoms. The molecular formula is C9H15N3O6P2S. The molecule has 21 heavy (non-hydrogen) atoms. The van der Waals surface area contributed by atoms with E-state index in [1.54, 1.807) is 13.8 Å². The Balaban J connectivity index is 3.16. The second-order valence-corrected chi connectivity index (χ2v) is 11.9. The van der Waals surface area contributed by atoms with Gasteiger partial charge in [0, 0.05) is 12.1 Å². The van der Waals surface area contributed by atoms with Crippen LogP contribution in [0.15, 0.2) is 24.3 Å². The molecule has 1 aromatic carbocycles. The van der Waals surface area contributed by atoms with Crippen molar-refractivity contribution >= 4 is 30.1 Å². The van der Waals surface area contributed by atoms with Crippen LogP contribution in [0.25, 0.3) is 0 Å². The van der Waals surface area contributed by atoms with Crippen LogP contribution >= 0.6 is 24.4 Å². The minimum atomic E-state index is -4.22. The Morgan fingerprint density at radius 3 is 2.48 bits per heavy atom. The zero-order valence-electron chi connectivity index (χ0n) is 11.2. The van der Waals surface area contributed by atoms with Gasteiger partial charge in [-0.15, -0.1) is 0 Å². The number of nitro groups is 1. The third-order valence-electron chi connectivity index (χ3n) is 1.92. The molecule has 0 spiro atoms. The van der Waals surface area contributed by atoms with E-state index < -0.39 is 24.1 Å². The topological polar surface area (TPSA) is 145 Å². The van der Waals surface area contributed by atoms with Gasteiger partial charge >= 0.3 is 19.1 Å². The van der Waals surface area contributed by atoms with Crippen LogP contribution in [-0.2, 0) is 9.13 Å². The molecule has 0 aliphatic carbocycles. The number of nitrogens with one attached hydrogen (secondary N) is 1. The summed E-state index contributed by atoms with van der Waals surface area (Å²) in [6, 6.07) is 4.91. The maximum absolute atomic E-state index is 12.6. The van der Waals surface area contributed by atoms with Gasteiger partial charge in [-0.3, -0.25) is 20.2 Å². The summed E-state index contributed by atoms with van der Waals surface area (Å²) in [5.74, 6) is -0.278. The monoisotopic (exact) mass is 355 g/mol. The highest BCUT2D eigenvalue weighted by Crippen LogP contribution is 2.71. The van der Waals surface area contributed by atoms with Crippen LogP contribution in [0.4, 0.5) is 5.69 Å². The van der Waals surface area contributed by atoms with E-state index >= 15 is 0 Å². The quantitative estimate of drug-likeness (QED) is 0.382. The maximum atomic E-state index is 12.6. The minimum Gasteiger partial charge on any atom is -0.418 e. The number of nitrogens with zero attached hydrogens (tertiary/aromatic N) is 1. The highest BCUT2D eigenvalue weighted by atomic mass is 33.1. The predicted molar refractivity (Wildman–Crippen MR) is 81.2 cm³/mol. The first-order valence-electron chi connectivity index (χ1n) is 5.66. The number of hydrogen-bond donors (Lipinski definition) is 3. The van der Waals surface area contributed by atoms with Crippen LogP contribution in [0.5, 0.6) is 5.75 Å². The Hall–Kier alpha value is -0.890. The number of rotatable bonds is 7. The third-order valence-corrected chi connectivity index (χ3v) is 9.57. The molecule has 4 N–H and O–H groups in total. The largest absolute Gasteiger partial charge is 0.418 e. The van der Waals surface area contributed by atoms with E-state index in [1.807, 2.05) is 0 Å². The molecule has 1 rings (SSSR count). The fraction of sp³-hybridized carbons (Fsp3) is 0.333. The SMILES string of the molecule is CC(C)NP(=O)(Oc1ccccc1[N+](=O)[O-])SP(N)(=O)O. The van der Waals surface area contributed by atoms with Gasteiger partial charge in [-0.05, 0) is 19.9 Å². The molecule has 0 aliphatic heterocycles. The molecule has 1 aromatic rings. The van der Waals surface area contributed by atoms with Gasteiger partial charge in [0.1, 0.15) is 0 Å². The van der Waals surface area contributed by atoms with Crippen molar-refractivity contribution in [3.05, 3.63) is 34.4 Å². The Morgan fingerprint density at radius 1 is 1.43 bits per heavy atom. The van der Waals surface area contributed by atoms with Crippen molar-refractivity contribution < 1.29 is 23.5 Å². The molecule has 9 nitrogen and oxygen atoms in total. The maximum Gasteiger partial charge on any atom is 0.385 e. The number of para-hydroxylation sites is 2. The van der Waals surface area contributed by atoms with E-state index in [-0.39, 0.29) is 22.8 Å². The lowest BCUT2D eigenvalue weighted by Crippen LogP contribution is -2.21. The second-order valence-electron chi connectivity index (χ2n) is 4.24. The summed E-state index contributed by atoms with van der Waals surface area (Å²) in [5.41, 5.74) is 4.59. The van der Waals surface area contributed by atoms with Gasteiger partial charge in [-0.1, -0.05) is 12.1 Å². The zero-order valence-corrected chi connectivity index (χ0v) is 13.8. The zero-order chi connectivity index (χ0) is 16.3. The second kappa shape index (κ2) is 6.91. The lowest BCUT2D eigenvalue weighted by molar-refractivity contribution is -0.385. The van der Waals surface area contributed by atoms with Crippen LogP contribution < -0.4 is 15.1 Å². The first-order valence-corrected chi connectivity index (χ1v) is 11.0. The van der Waals surface area contributed by atoms with Crippen LogP contribution in [0.3, 0.4) is 0 Å². The summed E-state index contributed by atoms with van der Waals surface area (Å²) in [6.45, 7) is -4.92. The van der Waals surface area contributed by atoms with Crippen molar-refractivity contribution in [3.8, 4) is 5.75 Å². The number of nitro benzene ring substituents is 1. The molecule has 0 amide bonds. The van der Waals surface area contributed by atoms with E-state index in [0.717, 1.165) is 0 Å². The summed E-state index contributed by atoms with van der Waals surface area (Å²) in [7, 11) is 0. The van der Waals surface area contributed by atoms with E-state index in [2.05, 4.69) is 5.09 Å². The fourth-order valence-electron chi connectivity index (χ4n) is 1.35. The molecule has 0 aromatic heterocycles. The third kappa shape index (κ3) is 6.17. The highest BCUT2D eigenvalue weighted by Gasteiger charge is 2.36. The van der Waals surface area contributed by atoms with Gasteiger partial charge in [0.2, 0.25) is 5.75 Å². The summed E-state index contributed by atoms with van der Waals surface area (Å²) >= 11 is 0.0363. The summed E-state index contributed by atoms with van der Waals surface area (Å²) < 4.78 is 29.0. The molecular weight excluding hydrogens is 340 g/mol. The fourth-order valence-corrected chi connectivity index (χ4v) is 8.37. The van der Waals surface area contributed by atoms with Gasteiger partial charge < -0.3 is 9.42 Å². The summed E-state index contributed by atoms with van der Waals surface area (Å²) in [6.07, 6.45) is 0. The lowest BCUT2D eigenvalue weighted by atomic mass is 10.3. The molecule has 118 valence electrons. The van der Waals surface area contributed by atoms with Crippen molar-refractivity contribution in [2.45, 2.75) is 19.9 Å². The Bertz CT molecular complexity index is 619. The van der Waals surface area contributed by atoms with E-state index in [9.17, 15) is 24.1 Å². The normalized spacial score (nSPS) is 17.0. The van der Waals surface area contributed by atoms with E-state index in [0.29, 0.717) is 0 Å². The van der Waals surface area contributed by atoms with Gasteiger partial charge in [0.15, 0.2) is 0 Å². The first kappa shape index (κ1) is 18.2. The van der Waals surface area contributed by atoms with Crippen LogP contribution in [-0.4, -0.2) is 15.9 Å². The van der Waals surface area contributed by atoms with Gasteiger partial charge in [0.05, 0.1) is 15.9 Å². The summed E-state index contributed by atoms with van der Waals surface area (Å²) in [5, 5.41) is 13.4. The average Bonchev–Trinajstić information content (AvgIpc) is 2.24. The standard InChI is InChI=1S/C9H15N3O6P2S/c1-7(2)11-20(17,21-19(10,15)16)18-9-6-4-3-5-8(9)12(13)14/h3-7H,1-2H3,(H,11,17)(H3,10,15,16). The predicted octanol–water partition coefficient (Wildman–Crippen LogP) is 2.87. The van der Waals surface area contributed by atoms with Crippen molar-refractivity contribution in [3.63, 3.8) is 0 Å². The van der Waals surface area contributed by atoms with Crippen LogP contribution in [0, 0.1) is 10.1 Å². The molecule has 0 fully saturated rings. The molecule has 0 aliphatic rings. The van der Waals surface area contributed by atoms with E-state index in [4.69, 9.17) is 10.0 Å². The molecule has 0 bridgehead atoms. The van der Waals surface area contributed by atoms with Gasteiger partial charge in [0.25, 0.3) is 0 Å². The van der Waals surface area contributed by atoms with Crippen molar-refractivity contribution in [2.75, 3.05) is 0 Å². The van der Waals surface area contributed by atoms with Crippen molar-refractivity contribution in [2.24, 2.45) is 5.50 Å². The summed E-state index contributed by atoms with van der Waals surface area (Å²) in [4.78, 5) is 19.4. The number of hydrogen-bond acceptors (Lipinski definition) is 6. The Morgan fingerprint density at radius 2 is 2.00 bits per heavy atom. The Kier molecular flexibility index (Phi) is 5.98. The molecule has 0 saturated carbocycles. The number of nitrogens with two attached hydrogens (primary N) is 1. The van der Waals surface area contributed by atoms with Crippen molar-refractivity contribution in [1.82, 2.24) is 5.09 Å². The van der Waals surface area contributed by atoms with Crippen LogP contribution in [0.1, 0.15) is 13.8 Å². The highest BCUT2D eigenvalue weighted by molar-refractivity contribution is 8.85.